The zero-order chi connectivity index (χ0) is 46.9. The molecule has 9 atom stereocenters. The molecular weight excluding hydrogens is 811 g/mol. The van der Waals surface area contributed by atoms with Crippen molar-refractivity contribution in [3.8, 4) is 0 Å². The first-order valence-electron chi connectivity index (χ1n) is 27.1. The Kier molecular flexibility index (Phi) is 41.0. The molecule has 8 N–H and O–H groups in total. The highest BCUT2D eigenvalue weighted by Gasteiger charge is 2.44. The van der Waals surface area contributed by atoms with Crippen molar-refractivity contribution in [2.75, 3.05) is 13.2 Å². The second-order valence-corrected chi connectivity index (χ2v) is 19.3. The molecule has 0 aromatic rings. The molecule has 1 aliphatic heterocycles. The summed E-state index contributed by atoms with van der Waals surface area (Å²) in [6.07, 6.45) is 36.9. The molecule has 0 aromatic carbocycles. The summed E-state index contributed by atoms with van der Waals surface area (Å²) < 4.78 is 11.1. The maximum atomic E-state index is 13.1. The Bertz CT molecular complexity index is 1050. The van der Waals surface area contributed by atoms with Gasteiger partial charge >= 0.3 is 0 Å². The molecule has 0 saturated carbocycles. The van der Waals surface area contributed by atoms with Gasteiger partial charge in [0.25, 0.3) is 0 Å². The zero-order valence-corrected chi connectivity index (χ0v) is 41.3. The summed E-state index contributed by atoms with van der Waals surface area (Å²) in [7, 11) is 0. The number of amides is 1. The SMILES string of the molecule is CCCCCCCCCCCCCC/C=C\CCCCCCCCCC(O)C(=O)NC(COC1OC(CO)C(O)C(O)C1O)C(O)C(O)CCCCCCCCCCCCCCCC. The Balaban J connectivity index is 2.33. The Hall–Kier alpha value is -1.15. The van der Waals surface area contributed by atoms with Gasteiger partial charge in [-0.3, -0.25) is 4.79 Å². The van der Waals surface area contributed by atoms with Crippen LogP contribution in [0.25, 0.3) is 0 Å². The maximum absolute atomic E-state index is 13.1. The molecule has 64 heavy (non-hydrogen) atoms. The highest BCUT2D eigenvalue weighted by Crippen LogP contribution is 2.23. The molecule has 11 heteroatoms. The summed E-state index contributed by atoms with van der Waals surface area (Å²) in [6, 6.07) is -1.17. The number of allylic oxidation sites excluding steroid dienone is 2. The molecule has 1 fully saturated rings. The molecule has 0 aromatic heterocycles. The van der Waals surface area contributed by atoms with Gasteiger partial charge in [-0.2, -0.15) is 0 Å². The van der Waals surface area contributed by atoms with Crippen LogP contribution >= 0.6 is 0 Å². The summed E-state index contributed by atoms with van der Waals surface area (Å²) in [5.41, 5.74) is 0. The second kappa shape index (κ2) is 43.2. The van der Waals surface area contributed by atoms with Crippen LogP contribution in [0.15, 0.2) is 12.2 Å². The van der Waals surface area contributed by atoms with Crippen LogP contribution in [0.4, 0.5) is 0 Å². The van der Waals surface area contributed by atoms with Crippen LogP contribution in [0, 0.1) is 0 Å². The van der Waals surface area contributed by atoms with Crippen molar-refractivity contribution < 1.29 is 50.0 Å². The van der Waals surface area contributed by atoms with E-state index in [0.29, 0.717) is 19.3 Å². The summed E-state index contributed by atoms with van der Waals surface area (Å²) in [4.78, 5) is 13.1. The third-order valence-electron chi connectivity index (χ3n) is 13.3. The van der Waals surface area contributed by atoms with Crippen LogP contribution in [0.5, 0.6) is 0 Å². The van der Waals surface area contributed by atoms with Gasteiger partial charge in [0, 0.05) is 0 Å². The van der Waals surface area contributed by atoms with Crippen LogP contribution in [0.2, 0.25) is 0 Å². The van der Waals surface area contributed by atoms with Crippen molar-refractivity contribution in [2.24, 2.45) is 0 Å². The van der Waals surface area contributed by atoms with E-state index in [1.54, 1.807) is 0 Å². The topological polar surface area (TPSA) is 189 Å². The second-order valence-electron chi connectivity index (χ2n) is 19.3. The van der Waals surface area contributed by atoms with Crippen molar-refractivity contribution in [3.05, 3.63) is 12.2 Å². The number of ether oxygens (including phenoxy) is 2. The summed E-state index contributed by atoms with van der Waals surface area (Å²) >= 11 is 0. The molecule has 1 saturated heterocycles. The molecule has 0 radical (unpaired) electrons. The van der Waals surface area contributed by atoms with Gasteiger partial charge in [-0.15, -0.1) is 0 Å². The van der Waals surface area contributed by atoms with E-state index in [1.165, 1.54) is 167 Å². The van der Waals surface area contributed by atoms with Crippen LogP contribution < -0.4 is 5.32 Å². The fraction of sp³-hybridized carbons (Fsp3) is 0.943. The van der Waals surface area contributed by atoms with Crippen molar-refractivity contribution in [2.45, 2.75) is 306 Å². The van der Waals surface area contributed by atoms with E-state index in [9.17, 15) is 40.5 Å². The molecule has 1 aliphatic rings. The van der Waals surface area contributed by atoms with Crippen molar-refractivity contribution >= 4 is 5.91 Å². The van der Waals surface area contributed by atoms with E-state index < -0.39 is 74.2 Å². The van der Waals surface area contributed by atoms with Crippen LogP contribution in [0.1, 0.15) is 251 Å². The van der Waals surface area contributed by atoms with Gasteiger partial charge in [0.1, 0.15) is 36.6 Å². The number of aliphatic hydroxyl groups is 7. The van der Waals surface area contributed by atoms with Gasteiger partial charge in [0.05, 0.1) is 25.4 Å². The van der Waals surface area contributed by atoms with Crippen LogP contribution in [-0.4, -0.2) is 110 Å². The van der Waals surface area contributed by atoms with Crippen LogP contribution in [-0.2, 0) is 14.3 Å². The Morgan fingerprint density at radius 2 is 0.906 bits per heavy atom. The number of carbonyl (C=O) groups is 1. The normalized spacial score (nSPS) is 21.0. The summed E-state index contributed by atoms with van der Waals surface area (Å²) in [5, 5.41) is 75.9. The minimum atomic E-state index is -1.66. The van der Waals surface area contributed by atoms with Crippen molar-refractivity contribution in [1.82, 2.24) is 5.32 Å². The lowest BCUT2D eigenvalue weighted by Gasteiger charge is -2.40. The van der Waals surface area contributed by atoms with E-state index in [-0.39, 0.29) is 6.42 Å². The smallest absolute Gasteiger partial charge is 0.249 e. The number of carbonyl (C=O) groups excluding carboxylic acids is 1. The highest BCUT2D eigenvalue weighted by molar-refractivity contribution is 5.80. The lowest BCUT2D eigenvalue weighted by Crippen LogP contribution is -2.60. The molecule has 9 unspecified atom stereocenters. The molecule has 1 amide bonds. The quantitative estimate of drug-likeness (QED) is 0.0216. The molecule has 0 aliphatic carbocycles. The van der Waals surface area contributed by atoms with Crippen LogP contribution in [0.3, 0.4) is 0 Å². The van der Waals surface area contributed by atoms with E-state index in [1.807, 2.05) is 0 Å². The van der Waals surface area contributed by atoms with Gasteiger partial charge < -0.3 is 50.5 Å². The van der Waals surface area contributed by atoms with E-state index in [4.69, 9.17) is 9.47 Å². The lowest BCUT2D eigenvalue weighted by atomic mass is 9.98. The number of unbranched alkanes of at least 4 members (excludes halogenated alkanes) is 32. The molecule has 11 nitrogen and oxygen atoms in total. The summed E-state index contributed by atoms with van der Waals surface area (Å²) in [5.74, 6) is -0.697. The van der Waals surface area contributed by atoms with Gasteiger partial charge in [-0.25, -0.2) is 0 Å². The molecule has 0 bridgehead atoms. The third-order valence-corrected chi connectivity index (χ3v) is 13.3. The average Bonchev–Trinajstić information content (AvgIpc) is 3.29. The van der Waals surface area contributed by atoms with Crippen molar-refractivity contribution in [1.29, 1.82) is 0 Å². The van der Waals surface area contributed by atoms with Gasteiger partial charge in [0.15, 0.2) is 6.29 Å². The number of hydrogen-bond acceptors (Lipinski definition) is 10. The fourth-order valence-electron chi connectivity index (χ4n) is 8.85. The molecule has 1 rings (SSSR count). The standard InChI is InChI=1S/C53H103NO10/c1-3-5-7-9-11-13-15-17-19-20-21-22-23-24-25-26-27-29-31-33-35-37-39-41-46(57)52(62)54-44(43-63-53-51(61)50(60)49(59)47(42-55)64-53)48(58)45(56)40-38-36-34-32-30-28-18-16-14-12-10-8-6-4-2/h24-25,44-51,53,55-61H,3-23,26-43H2,1-2H3,(H,54,62)/b25-24-. The lowest BCUT2D eigenvalue weighted by molar-refractivity contribution is -0.303. The Labute approximate surface area is 392 Å². The maximum Gasteiger partial charge on any atom is 0.249 e. The predicted octanol–water partition coefficient (Wildman–Crippen LogP) is 10.4. The minimum Gasteiger partial charge on any atom is -0.394 e. The Morgan fingerprint density at radius 3 is 1.31 bits per heavy atom. The van der Waals surface area contributed by atoms with Gasteiger partial charge in [0.2, 0.25) is 5.91 Å². The first-order valence-corrected chi connectivity index (χ1v) is 27.1. The third kappa shape index (κ3) is 31.8. The zero-order valence-electron chi connectivity index (χ0n) is 41.3. The minimum absolute atomic E-state index is 0.258. The largest absolute Gasteiger partial charge is 0.394 e. The van der Waals surface area contributed by atoms with Crippen molar-refractivity contribution in [3.63, 3.8) is 0 Å². The summed E-state index contributed by atoms with van der Waals surface area (Å²) in [6.45, 7) is 3.47. The fourth-order valence-corrected chi connectivity index (χ4v) is 8.85. The van der Waals surface area contributed by atoms with Gasteiger partial charge in [-0.05, 0) is 38.5 Å². The van der Waals surface area contributed by atoms with E-state index >= 15 is 0 Å². The average molecular weight is 914 g/mol. The predicted molar refractivity (Wildman–Crippen MR) is 261 cm³/mol. The molecule has 0 spiro atoms. The number of aliphatic hydroxyl groups excluding tert-OH is 7. The molecule has 1 heterocycles. The van der Waals surface area contributed by atoms with E-state index in [0.717, 1.165) is 44.9 Å². The molecular formula is C53H103NO10. The first kappa shape index (κ1) is 60.9. The first-order chi connectivity index (χ1) is 31.2. The molecule has 380 valence electrons. The van der Waals surface area contributed by atoms with E-state index in [2.05, 4.69) is 31.3 Å². The Morgan fingerprint density at radius 1 is 0.531 bits per heavy atom. The van der Waals surface area contributed by atoms with Gasteiger partial charge in [-0.1, -0.05) is 225 Å². The number of rotatable bonds is 46. The highest BCUT2D eigenvalue weighted by atomic mass is 16.7. The number of nitrogens with one attached hydrogen (secondary N) is 1. The monoisotopic (exact) mass is 914 g/mol. The number of hydrogen-bond donors (Lipinski definition) is 8.